The van der Waals surface area contributed by atoms with E-state index in [9.17, 15) is 50.3 Å². The molecule has 2 saturated heterocycles. The number of nitrogens with zero attached hydrogens (tertiary/aromatic N) is 1. The van der Waals surface area contributed by atoms with Gasteiger partial charge in [0.25, 0.3) is 0 Å². The maximum atomic E-state index is 13.5. The zero-order chi connectivity index (χ0) is 32.6. The van der Waals surface area contributed by atoms with Gasteiger partial charge in [-0.2, -0.15) is 26.3 Å². The summed E-state index contributed by atoms with van der Waals surface area (Å²) in [5.74, 6) is -0.276. The van der Waals surface area contributed by atoms with Gasteiger partial charge in [-0.15, -0.1) is 0 Å². The number of rotatable bonds is 8. The van der Waals surface area contributed by atoms with Crippen LogP contribution >= 0.6 is 7.82 Å². The summed E-state index contributed by atoms with van der Waals surface area (Å²) in [6.07, 6.45) is -11.8. The summed E-state index contributed by atoms with van der Waals surface area (Å²) in [4.78, 5) is 48.5. The van der Waals surface area contributed by atoms with E-state index in [0.717, 1.165) is 4.90 Å². The van der Waals surface area contributed by atoms with E-state index >= 15 is 0 Å². The number of hydrogen-bond acceptors (Lipinski definition) is 8. The third-order valence-corrected chi connectivity index (χ3v) is 8.23. The Morgan fingerprint density at radius 1 is 1.02 bits per heavy atom. The predicted molar refractivity (Wildman–Crippen MR) is 135 cm³/mol. The molecule has 4 rings (SSSR count). The van der Waals surface area contributed by atoms with Gasteiger partial charge in [-0.25, -0.2) is 4.79 Å². The number of nitrogens with one attached hydrogen (secondary N) is 1. The van der Waals surface area contributed by atoms with Crippen LogP contribution in [-0.2, 0) is 41.2 Å². The van der Waals surface area contributed by atoms with Gasteiger partial charge in [0.15, 0.2) is 6.79 Å². The summed E-state index contributed by atoms with van der Waals surface area (Å²) in [6, 6.07) is 9.25. The average molecular weight is 652 g/mol. The maximum Gasteiger partial charge on any atom is 0.416 e. The van der Waals surface area contributed by atoms with Gasteiger partial charge < -0.3 is 33.7 Å². The fourth-order valence-corrected chi connectivity index (χ4v) is 5.69. The molecule has 10 nitrogen and oxygen atoms in total. The van der Waals surface area contributed by atoms with E-state index in [0.29, 0.717) is 30.5 Å². The van der Waals surface area contributed by atoms with Crippen LogP contribution in [0.5, 0.6) is 0 Å². The van der Waals surface area contributed by atoms with E-state index in [2.05, 4.69) is 9.84 Å². The normalized spacial score (nSPS) is 23.5. The number of benzene rings is 2. The molecule has 0 radical (unpaired) electrons. The molecule has 17 heteroatoms. The highest BCUT2D eigenvalue weighted by Crippen LogP contribution is 2.46. The van der Waals surface area contributed by atoms with Crippen molar-refractivity contribution in [3.05, 3.63) is 70.8 Å². The van der Waals surface area contributed by atoms with Crippen molar-refractivity contribution in [3.63, 3.8) is 0 Å². The number of alkyl halides is 6. The molecule has 2 aromatic rings. The molecule has 0 saturated carbocycles. The SMILES string of the molecule is C[C@@H](OC[C@@]1(c2ccccc2)CC[C@]2(CCC(=O)N2)CN1C(=O)OCOP(=O)([O-])[O-])c1cc(C(F)(F)F)cc(C(F)(F)F)c1. The van der Waals surface area contributed by atoms with Crippen LogP contribution in [-0.4, -0.2) is 42.4 Å². The molecule has 0 bridgehead atoms. The van der Waals surface area contributed by atoms with E-state index in [1.54, 1.807) is 30.3 Å². The molecule has 2 aliphatic heterocycles. The summed E-state index contributed by atoms with van der Waals surface area (Å²) in [5, 5.41) is 2.84. The van der Waals surface area contributed by atoms with Crippen molar-refractivity contribution in [1.82, 2.24) is 10.2 Å². The van der Waals surface area contributed by atoms with Gasteiger partial charge in [-0.1, -0.05) is 30.3 Å². The predicted octanol–water partition coefficient (Wildman–Crippen LogP) is 4.38. The Bertz CT molecular complexity index is 1390. The molecule has 2 aliphatic rings. The number of piperidine rings is 1. The molecule has 0 aromatic heterocycles. The van der Waals surface area contributed by atoms with Crippen LogP contribution in [0.1, 0.15) is 61.0 Å². The third kappa shape index (κ3) is 7.72. The van der Waals surface area contributed by atoms with Gasteiger partial charge in [0.1, 0.15) is 0 Å². The Hall–Kier alpha value is -3.17. The van der Waals surface area contributed by atoms with Gasteiger partial charge in [-0.3, -0.25) is 9.69 Å². The molecule has 242 valence electrons. The van der Waals surface area contributed by atoms with E-state index in [1.165, 1.54) is 6.92 Å². The van der Waals surface area contributed by atoms with Gasteiger partial charge in [-0.05, 0) is 55.5 Å². The van der Waals surface area contributed by atoms with Crippen LogP contribution in [0.15, 0.2) is 48.5 Å². The second-order valence-corrected chi connectivity index (χ2v) is 11.9. The Balaban J connectivity index is 1.71. The summed E-state index contributed by atoms with van der Waals surface area (Å²) < 4.78 is 107. The van der Waals surface area contributed by atoms with Gasteiger partial charge in [0, 0.05) is 13.0 Å². The van der Waals surface area contributed by atoms with Crippen molar-refractivity contribution >= 4 is 19.8 Å². The first-order valence-electron chi connectivity index (χ1n) is 13.2. The van der Waals surface area contributed by atoms with E-state index in [1.807, 2.05) is 0 Å². The number of carbonyl (C=O) groups is 2. The summed E-state index contributed by atoms with van der Waals surface area (Å²) in [7, 11) is -5.52. The first kappa shape index (κ1) is 33.7. The van der Waals surface area contributed by atoms with Crippen molar-refractivity contribution in [2.45, 2.75) is 62.1 Å². The van der Waals surface area contributed by atoms with Crippen molar-refractivity contribution in [2.75, 3.05) is 19.9 Å². The molecule has 1 spiro atoms. The lowest BCUT2D eigenvalue weighted by atomic mass is 9.74. The van der Waals surface area contributed by atoms with Crippen LogP contribution in [0, 0.1) is 0 Å². The van der Waals surface area contributed by atoms with Gasteiger partial charge >= 0.3 is 18.4 Å². The molecule has 0 unspecified atom stereocenters. The minimum absolute atomic E-state index is 0.000635. The summed E-state index contributed by atoms with van der Waals surface area (Å²) in [6.45, 7) is -0.645. The molecule has 2 heterocycles. The monoisotopic (exact) mass is 652 g/mol. The quantitative estimate of drug-likeness (QED) is 0.252. The smallest absolute Gasteiger partial charge is 0.416 e. The molecular formula is C27H27F6N2O8P-2. The van der Waals surface area contributed by atoms with Crippen LogP contribution in [0.2, 0.25) is 0 Å². The minimum Gasteiger partial charge on any atom is -0.790 e. The highest BCUT2D eigenvalue weighted by atomic mass is 31.2. The number of amides is 2. The molecule has 2 fully saturated rings. The summed E-state index contributed by atoms with van der Waals surface area (Å²) in [5.41, 5.74) is -5.39. The second kappa shape index (κ2) is 12.3. The number of hydrogen-bond donors (Lipinski definition) is 1. The minimum atomic E-state index is -5.52. The number of likely N-dealkylation sites (tertiary alicyclic amines) is 1. The lowest BCUT2D eigenvalue weighted by molar-refractivity contribution is -0.345. The fourth-order valence-electron chi connectivity index (χ4n) is 5.51. The standard InChI is InChI=1S/C27H29F6N2O8P/c1-17(18-11-20(26(28,29)30)13-21(12-18)27(31,32)33)41-15-25(19-5-3-2-4-6-19)10-9-24(8-7-22(36)34-24)14-35(25)23(37)42-16-43-44(38,39)40/h2-6,11-13,17H,7-10,14-16H2,1H3,(H,34,36)(H2,38,39,40)/p-2/t17-,24-,25-/m1/s1. The lowest BCUT2D eigenvalue weighted by Gasteiger charge is -2.52. The zero-order valence-electron chi connectivity index (χ0n) is 23.1. The number of phosphoric ester groups is 1. The number of ether oxygens (including phenoxy) is 2. The number of carbonyl (C=O) groups excluding carboxylic acids is 2. The molecule has 3 atom stereocenters. The van der Waals surface area contributed by atoms with Crippen molar-refractivity contribution in [2.24, 2.45) is 0 Å². The highest BCUT2D eigenvalue weighted by molar-refractivity contribution is 7.43. The van der Waals surface area contributed by atoms with Gasteiger partial charge in [0.05, 0.1) is 42.7 Å². The van der Waals surface area contributed by atoms with Crippen LogP contribution in [0.4, 0.5) is 31.1 Å². The fraction of sp³-hybridized carbons (Fsp3) is 0.481. The molecule has 2 amide bonds. The van der Waals surface area contributed by atoms with Crippen LogP contribution in [0.3, 0.4) is 0 Å². The summed E-state index contributed by atoms with van der Waals surface area (Å²) >= 11 is 0. The molecule has 0 aliphatic carbocycles. The van der Waals surface area contributed by atoms with Crippen molar-refractivity contribution in [1.29, 1.82) is 0 Å². The number of phosphoric acid groups is 1. The highest BCUT2D eigenvalue weighted by Gasteiger charge is 2.54. The van der Waals surface area contributed by atoms with Crippen molar-refractivity contribution < 1.29 is 64.3 Å². The molecular weight excluding hydrogens is 625 g/mol. The Morgan fingerprint density at radius 2 is 1.64 bits per heavy atom. The molecule has 2 aromatic carbocycles. The van der Waals surface area contributed by atoms with Crippen LogP contribution < -0.4 is 15.1 Å². The lowest BCUT2D eigenvalue weighted by Crippen LogP contribution is -2.65. The van der Waals surface area contributed by atoms with E-state index < -0.39 is 73.5 Å². The van der Waals surface area contributed by atoms with Gasteiger partial charge in [0.2, 0.25) is 5.91 Å². The van der Waals surface area contributed by atoms with E-state index in [4.69, 9.17) is 9.47 Å². The number of halogens is 6. The Kier molecular flexibility index (Phi) is 9.44. The van der Waals surface area contributed by atoms with Crippen LogP contribution in [0.25, 0.3) is 0 Å². The zero-order valence-corrected chi connectivity index (χ0v) is 24.0. The van der Waals surface area contributed by atoms with E-state index in [-0.39, 0.29) is 31.4 Å². The van der Waals surface area contributed by atoms with Crippen molar-refractivity contribution in [3.8, 4) is 0 Å². The first-order chi connectivity index (χ1) is 20.3. The average Bonchev–Trinajstić information content (AvgIpc) is 3.30. The Labute approximate surface area is 247 Å². The third-order valence-electron chi connectivity index (χ3n) is 7.81. The second-order valence-electron chi connectivity index (χ2n) is 10.7. The largest absolute Gasteiger partial charge is 0.790 e. The molecule has 44 heavy (non-hydrogen) atoms. The Morgan fingerprint density at radius 3 is 2.16 bits per heavy atom. The maximum absolute atomic E-state index is 13.5. The topological polar surface area (TPSA) is 140 Å². The molecule has 1 N–H and O–H groups in total. The first-order valence-corrected chi connectivity index (χ1v) is 14.7.